The van der Waals surface area contributed by atoms with Gasteiger partial charge in [-0.05, 0) is 48.0 Å². The fraction of sp³-hybridized carbons (Fsp3) is 0.0909. The topological polar surface area (TPSA) is 170 Å². The second kappa shape index (κ2) is 15.1. The Labute approximate surface area is 329 Å². The van der Waals surface area contributed by atoms with Gasteiger partial charge in [0.05, 0.1) is 52.8 Å². The summed E-state index contributed by atoms with van der Waals surface area (Å²) in [6.45, 7) is -0.0642. The first-order valence-corrected chi connectivity index (χ1v) is 18.0. The van der Waals surface area contributed by atoms with E-state index < -0.39 is 11.9 Å². The molecule has 12 nitrogen and oxygen atoms in total. The number of phenols is 1. The quantitative estimate of drug-likeness (QED) is 0.0687. The van der Waals surface area contributed by atoms with Gasteiger partial charge in [0.1, 0.15) is 28.5 Å². The molecule has 0 radical (unpaired) electrons. The SMILES string of the molecule is COC(=O)c1ccc2cccc(NCc3c4oc5c(CNc6cccc7ccc(C(=O)OC)nc67)c(O)c(Cl)cc5c(-c5ccccc5C=O)c-4ccc3=O)c2n1. The van der Waals surface area contributed by atoms with Crippen LogP contribution >= 0.6 is 11.6 Å². The molecule has 0 bridgehead atoms. The van der Waals surface area contributed by atoms with Crippen LogP contribution in [-0.4, -0.2) is 47.5 Å². The fourth-order valence-electron chi connectivity index (χ4n) is 6.98. The molecule has 1 aliphatic carbocycles. The van der Waals surface area contributed by atoms with Crippen molar-refractivity contribution in [3.8, 4) is 28.2 Å². The summed E-state index contributed by atoms with van der Waals surface area (Å²) in [7, 11) is 2.56. The van der Waals surface area contributed by atoms with Gasteiger partial charge in [0.25, 0.3) is 0 Å². The van der Waals surface area contributed by atoms with Crippen molar-refractivity contribution in [1.82, 2.24) is 9.97 Å². The first kappa shape index (κ1) is 36.7. The van der Waals surface area contributed by atoms with Crippen LogP contribution in [0.1, 0.15) is 42.5 Å². The Bertz CT molecular complexity index is 2960. The number of para-hydroxylation sites is 2. The van der Waals surface area contributed by atoms with Gasteiger partial charge in [-0.25, -0.2) is 19.6 Å². The molecule has 13 heteroatoms. The number of esters is 2. The van der Waals surface area contributed by atoms with Crippen LogP contribution in [0.5, 0.6) is 5.75 Å². The van der Waals surface area contributed by atoms with Crippen LogP contribution < -0.4 is 16.1 Å². The Morgan fingerprint density at radius 2 is 1.35 bits per heavy atom. The molecule has 3 heterocycles. The minimum Gasteiger partial charge on any atom is -0.506 e. The molecule has 0 atom stereocenters. The molecule has 0 fully saturated rings. The molecule has 1 aliphatic heterocycles. The number of hydrogen-bond donors (Lipinski definition) is 3. The van der Waals surface area contributed by atoms with Crippen LogP contribution in [0.4, 0.5) is 11.4 Å². The zero-order chi connectivity index (χ0) is 39.8. The first-order valence-electron chi connectivity index (χ1n) is 17.6. The van der Waals surface area contributed by atoms with Crippen molar-refractivity contribution >= 4 is 74.0 Å². The van der Waals surface area contributed by atoms with E-state index in [2.05, 4.69) is 20.6 Å². The monoisotopic (exact) mass is 778 g/mol. The molecular weight excluding hydrogens is 748 g/mol. The summed E-state index contributed by atoms with van der Waals surface area (Å²) < 4.78 is 16.5. The van der Waals surface area contributed by atoms with E-state index in [1.807, 2.05) is 24.3 Å². The maximum Gasteiger partial charge on any atom is 0.356 e. The number of aromatic nitrogens is 2. The summed E-state index contributed by atoms with van der Waals surface area (Å²) in [5, 5.41) is 20.2. The molecule has 6 aromatic rings. The van der Waals surface area contributed by atoms with E-state index in [1.54, 1.807) is 72.8 Å². The van der Waals surface area contributed by atoms with Crippen LogP contribution in [0.2, 0.25) is 5.02 Å². The van der Waals surface area contributed by atoms with Gasteiger partial charge in [0.2, 0.25) is 0 Å². The standard InChI is InChI=1S/C44H31ClN4O8/c1-55-43(53)34-16-13-23-8-5-11-32(38(23)48-34)46-20-29-36(51)18-15-27-37(26-10-4-3-7-25(26)22-50)28-19-31(45)40(52)30(42(28)57-41(27)29)21-47-33-12-6-9-24-14-17-35(44(54)56-2)49-39(24)33/h3-19,22,46-47,52H,20-21H2,1-2H3. The van der Waals surface area contributed by atoms with E-state index in [0.29, 0.717) is 50.0 Å². The number of phenolic OH excluding ortho intramolecular Hbond substituents is 1. The van der Waals surface area contributed by atoms with Crippen molar-refractivity contribution in [3.63, 3.8) is 0 Å². The van der Waals surface area contributed by atoms with Crippen LogP contribution in [-0.2, 0) is 22.6 Å². The van der Waals surface area contributed by atoms with E-state index in [9.17, 15) is 24.3 Å². The van der Waals surface area contributed by atoms with Crippen molar-refractivity contribution in [2.45, 2.75) is 13.1 Å². The summed E-state index contributed by atoms with van der Waals surface area (Å²) in [4.78, 5) is 59.9. The third-order valence-electron chi connectivity index (χ3n) is 9.76. The number of hydrogen-bond acceptors (Lipinski definition) is 12. The number of pyridine rings is 2. The zero-order valence-electron chi connectivity index (χ0n) is 30.4. The summed E-state index contributed by atoms with van der Waals surface area (Å²) in [6, 6.07) is 29.2. The predicted octanol–water partition coefficient (Wildman–Crippen LogP) is 8.63. The number of nitrogens with zero attached hydrogens (tertiary/aromatic N) is 2. The molecule has 0 unspecified atom stereocenters. The van der Waals surface area contributed by atoms with Gasteiger partial charge in [0, 0.05) is 45.9 Å². The Hall–Kier alpha value is -7.31. The van der Waals surface area contributed by atoms with Crippen LogP contribution in [0.15, 0.2) is 112 Å². The highest BCUT2D eigenvalue weighted by Gasteiger charge is 2.27. The number of halogens is 1. The highest BCUT2D eigenvalue weighted by atomic mass is 35.5. The lowest BCUT2D eigenvalue weighted by Gasteiger charge is -2.21. The number of carbonyl (C=O) groups excluding carboxylic acids is 3. The smallest absolute Gasteiger partial charge is 0.356 e. The average molecular weight is 779 g/mol. The van der Waals surface area contributed by atoms with Crippen molar-refractivity contribution in [1.29, 1.82) is 0 Å². The van der Waals surface area contributed by atoms with Crippen LogP contribution in [0.25, 0.3) is 55.2 Å². The zero-order valence-corrected chi connectivity index (χ0v) is 31.1. The van der Waals surface area contributed by atoms with Crippen molar-refractivity contribution in [2.75, 3.05) is 24.9 Å². The highest BCUT2D eigenvalue weighted by Crippen LogP contribution is 2.46. The summed E-state index contributed by atoms with van der Waals surface area (Å²) >= 11 is 6.74. The van der Waals surface area contributed by atoms with Crippen LogP contribution in [0, 0.1) is 0 Å². The van der Waals surface area contributed by atoms with Gasteiger partial charge in [0.15, 0.2) is 11.7 Å². The molecule has 0 spiro atoms. The third kappa shape index (κ3) is 6.61. The minimum atomic E-state index is -0.593. The summed E-state index contributed by atoms with van der Waals surface area (Å²) in [5.41, 5.74) is 4.71. The van der Waals surface area contributed by atoms with E-state index in [-0.39, 0.29) is 63.1 Å². The number of aromatic hydroxyl groups is 1. The molecule has 57 heavy (non-hydrogen) atoms. The number of rotatable bonds is 10. The molecule has 4 aromatic carbocycles. The number of ether oxygens (including phenoxy) is 2. The molecule has 0 saturated carbocycles. The maximum atomic E-state index is 13.8. The van der Waals surface area contributed by atoms with Crippen molar-refractivity contribution in [2.24, 2.45) is 0 Å². The van der Waals surface area contributed by atoms with Gasteiger partial charge < -0.3 is 29.6 Å². The van der Waals surface area contributed by atoms with Crippen molar-refractivity contribution in [3.05, 3.63) is 146 Å². The highest BCUT2D eigenvalue weighted by molar-refractivity contribution is 6.33. The number of carbonyl (C=O) groups is 3. The number of benzene rings is 5. The Morgan fingerprint density at radius 1 is 0.754 bits per heavy atom. The Morgan fingerprint density at radius 3 is 1.95 bits per heavy atom. The number of anilines is 2. The molecule has 0 saturated heterocycles. The van der Waals surface area contributed by atoms with E-state index in [4.69, 9.17) is 25.5 Å². The molecule has 0 amide bonds. The summed E-state index contributed by atoms with van der Waals surface area (Å²) in [6.07, 6.45) is 0.748. The lowest BCUT2D eigenvalue weighted by atomic mass is 9.88. The molecule has 2 aromatic heterocycles. The number of aldehydes is 1. The molecule has 282 valence electrons. The maximum absolute atomic E-state index is 13.8. The lowest BCUT2D eigenvalue weighted by molar-refractivity contribution is 0.0586. The third-order valence-corrected chi connectivity index (χ3v) is 10.0. The normalized spacial score (nSPS) is 11.2. The van der Waals surface area contributed by atoms with Gasteiger partial charge >= 0.3 is 11.9 Å². The van der Waals surface area contributed by atoms with Crippen molar-refractivity contribution < 1.29 is 33.4 Å². The Kier molecular flexibility index (Phi) is 9.70. The fourth-order valence-corrected chi connectivity index (χ4v) is 7.20. The molecule has 3 N–H and O–H groups in total. The van der Waals surface area contributed by atoms with Crippen LogP contribution in [0.3, 0.4) is 0 Å². The van der Waals surface area contributed by atoms with Gasteiger partial charge in [-0.15, -0.1) is 0 Å². The average Bonchev–Trinajstić information content (AvgIpc) is 3.24. The van der Waals surface area contributed by atoms with E-state index in [1.165, 1.54) is 20.3 Å². The molecule has 8 rings (SSSR count). The second-order valence-corrected chi connectivity index (χ2v) is 13.4. The summed E-state index contributed by atoms with van der Waals surface area (Å²) in [5.74, 6) is -1.24. The number of methoxy groups -OCH3 is 2. The largest absolute Gasteiger partial charge is 0.506 e. The van der Waals surface area contributed by atoms with E-state index in [0.717, 1.165) is 17.1 Å². The second-order valence-electron chi connectivity index (χ2n) is 13.0. The Balaban J connectivity index is 1.31. The first-order chi connectivity index (χ1) is 27.7. The van der Waals surface area contributed by atoms with Gasteiger partial charge in [-0.3, -0.25) is 9.59 Å². The number of fused-ring (bicyclic) bond motifs is 4. The molecular formula is C44H31ClN4O8. The van der Waals surface area contributed by atoms with E-state index >= 15 is 0 Å². The lowest BCUT2D eigenvalue weighted by Crippen LogP contribution is -2.15. The molecule has 2 aliphatic rings. The van der Waals surface area contributed by atoms with Gasteiger partial charge in [-0.1, -0.05) is 72.3 Å². The minimum absolute atomic E-state index is 0.0272. The van der Waals surface area contributed by atoms with Gasteiger partial charge in [-0.2, -0.15) is 0 Å². The number of nitrogens with one attached hydrogen (secondary N) is 2. The predicted molar refractivity (Wildman–Crippen MR) is 217 cm³/mol.